The third kappa shape index (κ3) is 5.62. The first-order valence-corrected chi connectivity index (χ1v) is 10.2. The van der Waals surface area contributed by atoms with Gasteiger partial charge in [-0.15, -0.1) is 0 Å². The second-order valence-corrected chi connectivity index (χ2v) is 8.09. The molecule has 1 amide bonds. The largest absolute Gasteiger partial charge is 0.484 e. The summed E-state index contributed by atoms with van der Waals surface area (Å²) in [6.45, 7) is 4.22. The van der Waals surface area contributed by atoms with Gasteiger partial charge >= 0.3 is 0 Å². The molecule has 0 saturated carbocycles. The summed E-state index contributed by atoms with van der Waals surface area (Å²) >= 11 is 11.8. The lowest BCUT2D eigenvalue weighted by Gasteiger charge is -2.26. The predicted octanol–water partition coefficient (Wildman–Crippen LogP) is 5.85. The number of amides is 1. The van der Waals surface area contributed by atoms with Gasteiger partial charge in [0.2, 0.25) is 0 Å². The molecule has 0 spiro atoms. The fourth-order valence-corrected chi connectivity index (χ4v) is 3.25. The van der Waals surface area contributed by atoms with Crippen LogP contribution in [0.1, 0.15) is 30.5 Å². The molecule has 3 rings (SSSR count). The van der Waals surface area contributed by atoms with E-state index in [4.69, 9.17) is 27.9 Å². The zero-order chi connectivity index (χ0) is 21.6. The number of nitrogens with zero attached hydrogens (tertiary/aromatic N) is 1. The van der Waals surface area contributed by atoms with Crippen LogP contribution in [0.4, 0.5) is 0 Å². The molecule has 3 aromatic carbocycles. The lowest BCUT2D eigenvalue weighted by Crippen LogP contribution is -2.24. The van der Waals surface area contributed by atoms with E-state index in [0.717, 1.165) is 11.1 Å². The van der Waals surface area contributed by atoms with Gasteiger partial charge in [-0.25, -0.2) is 5.43 Å². The van der Waals surface area contributed by atoms with Crippen LogP contribution in [-0.2, 0) is 10.2 Å². The van der Waals surface area contributed by atoms with Gasteiger partial charge in [-0.2, -0.15) is 5.10 Å². The maximum Gasteiger partial charge on any atom is 0.277 e. The van der Waals surface area contributed by atoms with E-state index in [1.807, 2.05) is 42.5 Å². The number of hydrazone groups is 1. The van der Waals surface area contributed by atoms with E-state index in [-0.39, 0.29) is 17.9 Å². The van der Waals surface area contributed by atoms with Crippen LogP contribution in [0.3, 0.4) is 0 Å². The Morgan fingerprint density at radius 1 is 0.967 bits per heavy atom. The molecule has 0 aromatic heterocycles. The second kappa shape index (κ2) is 9.79. The Morgan fingerprint density at radius 3 is 2.30 bits per heavy atom. The molecule has 0 aliphatic carbocycles. The highest BCUT2D eigenvalue weighted by Gasteiger charge is 2.22. The first-order valence-electron chi connectivity index (χ1n) is 9.42. The van der Waals surface area contributed by atoms with E-state index in [1.54, 1.807) is 18.2 Å². The van der Waals surface area contributed by atoms with Crippen LogP contribution in [0.15, 0.2) is 77.9 Å². The van der Waals surface area contributed by atoms with Crippen molar-refractivity contribution >= 4 is 35.3 Å². The molecule has 0 atom stereocenters. The quantitative estimate of drug-likeness (QED) is 0.370. The van der Waals surface area contributed by atoms with E-state index in [0.29, 0.717) is 15.8 Å². The van der Waals surface area contributed by atoms with E-state index in [1.165, 1.54) is 11.8 Å². The van der Waals surface area contributed by atoms with Gasteiger partial charge in [0.1, 0.15) is 5.75 Å². The van der Waals surface area contributed by atoms with Gasteiger partial charge in [-0.05, 0) is 41.0 Å². The summed E-state index contributed by atoms with van der Waals surface area (Å²) < 4.78 is 5.55. The normalized spacial score (nSPS) is 11.5. The monoisotopic (exact) mass is 440 g/mol. The summed E-state index contributed by atoms with van der Waals surface area (Å²) in [6.07, 6.45) is 1.49. The molecule has 0 saturated heterocycles. The van der Waals surface area contributed by atoms with Gasteiger partial charge in [-0.1, -0.05) is 85.6 Å². The van der Waals surface area contributed by atoms with Crippen LogP contribution < -0.4 is 10.2 Å². The zero-order valence-electron chi connectivity index (χ0n) is 16.7. The fraction of sp³-hybridized carbons (Fsp3) is 0.167. The van der Waals surface area contributed by atoms with Gasteiger partial charge in [-0.3, -0.25) is 4.79 Å². The average molecular weight is 441 g/mol. The predicted molar refractivity (Wildman–Crippen MR) is 123 cm³/mol. The Kier molecular flexibility index (Phi) is 7.14. The molecule has 4 nitrogen and oxygen atoms in total. The van der Waals surface area contributed by atoms with Crippen molar-refractivity contribution < 1.29 is 9.53 Å². The van der Waals surface area contributed by atoms with Crippen molar-refractivity contribution in [3.63, 3.8) is 0 Å². The molecule has 0 bridgehead atoms. The molecule has 6 heteroatoms. The Hall–Kier alpha value is -2.82. The van der Waals surface area contributed by atoms with E-state index < -0.39 is 0 Å². The number of hydrogen-bond acceptors (Lipinski definition) is 3. The van der Waals surface area contributed by atoms with Crippen LogP contribution in [0, 0.1) is 0 Å². The number of benzene rings is 3. The second-order valence-electron chi connectivity index (χ2n) is 7.27. The summed E-state index contributed by atoms with van der Waals surface area (Å²) in [7, 11) is 0. The van der Waals surface area contributed by atoms with Gasteiger partial charge in [0, 0.05) is 5.41 Å². The molecule has 0 aliphatic heterocycles. The highest BCUT2D eigenvalue weighted by Crippen LogP contribution is 2.32. The summed E-state index contributed by atoms with van der Waals surface area (Å²) in [4.78, 5) is 11.9. The topological polar surface area (TPSA) is 50.7 Å². The fourth-order valence-electron chi connectivity index (χ4n) is 2.94. The molecule has 0 unspecified atom stereocenters. The summed E-state index contributed by atoms with van der Waals surface area (Å²) in [5.74, 6) is 0.256. The Bertz CT molecular complexity index is 1030. The number of rotatable bonds is 7. The first-order chi connectivity index (χ1) is 14.4. The maximum atomic E-state index is 11.9. The minimum absolute atomic E-state index is 0.129. The van der Waals surface area contributed by atoms with Crippen molar-refractivity contribution in [2.45, 2.75) is 19.3 Å². The minimum atomic E-state index is -0.361. The molecule has 0 fully saturated rings. The van der Waals surface area contributed by atoms with Crippen molar-refractivity contribution in [3.05, 3.63) is 99.5 Å². The van der Waals surface area contributed by atoms with Crippen LogP contribution in [0.2, 0.25) is 10.0 Å². The third-order valence-electron chi connectivity index (χ3n) is 4.79. The molecule has 0 radical (unpaired) electrons. The number of carbonyl (C=O) groups excluding carboxylic acids is 1. The van der Waals surface area contributed by atoms with E-state index in [9.17, 15) is 4.79 Å². The van der Waals surface area contributed by atoms with Crippen LogP contribution in [0.5, 0.6) is 5.75 Å². The number of carbonyl (C=O) groups is 1. The van der Waals surface area contributed by atoms with Crippen molar-refractivity contribution in [1.29, 1.82) is 0 Å². The standard InChI is InChI=1S/C24H22Cl2N2O2/c1-24(2,18-6-4-3-5-7-18)19-9-11-20(12-10-19)30-16-23(29)28-27-15-17-8-13-21(25)22(26)14-17/h3-15H,16H2,1-2H3,(H,28,29)/b27-15+. The summed E-state index contributed by atoms with van der Waals surface area (Å²) in [5.41, 5.74) is 5.42. The highest BCUT2D eigenvalue weighted by molar-refractivity contribution is 6.42. The zero-order valence-corrected chi connectivity index (χ0v) is 18.2. The lowest BCUT2D eigenvalue weighted by atomic mass is 9.78. The number of ether oxygens (including phenoxy) is 1. The number of halogens is 2. The van der Waals surface area contributed by atoms with Gasteiger partial charge < -0.3 is 4.74 Å². The molecule has 0 aliphatic rings. The summed E-state index contributed by atoms with van der Waals surface area (Å²) in [6, 6.07) is 23.2. The van der Waals surface area contributed by atoms with Crippen molar-refractivity contribution in [2.24, 2.45) is 5.10 Å². The molecule has 154 valence electrons. The Labute approximate surface area is 186 Å². The maximum absolute atomic E-state index is 11.9. The van der Waals surface area contributed by atoms with E-state index >= 15 is 0 Å². The molecule has 1 N–H and O–H groups in total. The van der Waals surface area contributed by atoms with E-state index in [2.05, 4.69) is 36.5 Å². The van der Waals surface area contributed by atoms with Gasteiger partial charge in [0.05, 0.1) is 16.3 Å². The van der Waals surface area contributed by atoms with Gasteiger partial charge in [0.25, 0.3) is 5.91 Å². The first kappa shape index (κ1) is 21.9. The van der Waals surface area contributed by atoms with Gasteiger partial charge in [0.15, 0.2) is 6.61 Å². The third-order valence-corrected chi connectivity index (χ3v) is 5.53. The molecule has 0 heterocycles. The van der Waals surface area contributed by atoms with Crippen LogP contribution >= 0.6 is 23.2 Å². The smallest absolute Gasteiger partial charge is 0.277 e. The molecule has 30 heavy (non-hydrogen) atoms. The SMILES string of the molecule is CC(C)(c1ccccc1)c1ccc(OCC(=O)N/N=C/c2ccc(Cl)c(Cl)c2)cc1. The average Bonchev–Trinajstić information content (AvgIpc) is 2.76. The van der Waals surface area contributed by atoms with Crippen molar-refractivity contribution in [3.8, 4) is 5.75 Å². The minimum Gasteiger partial charge on any atom is -0.484 e. The summed E-state index contributed by atoms with van der Waals surface area (Å²) in [5, 5.41) is 4.79. The molecule has 3 aromatic rings. The van der Waals surface area contributed by atoms with Crippen molar-refractivity contribution in [1.82, 2.24) is 5.43 Å². The Balaban J connectivity index is 1.52. The number of nitrogens with one attached hydrogen (secondary N) is 1. The molecular weight excluding hydrogens is 419 g/mol. The van der Waals surface area contributed by atoms with Crippen LogP contribution in [0.25, 0.3) is 0 Å². The highest BCUT2D eigenvalue weighted by atomic mass is 35.5. The number of hydrogen-bond donors (Lipinski definition) is 1. The van der Waals surface area contributed by atoms with Crippen molar-refractivity contribution in [2.75, 3.05) is 6.61 Å². The lowest BCUT2D eigenvalue weighted by molar-refractivity contribution is -0.123. The Morgan fingerprint density at radius 2 is 1.63 bits per heavy atom. The molecular formula is C24H22Cl2N2O2. The van der Waals surface area contributed by atoms with Crippen LogP contribution in [-0.4, -0.2) is 18.7 Å².